The summed E-state index contributed by atoms with van der Waals surface area (Å²) in [6.07, 6.45) is 14.8. The van der Waals surface area contributed by atoms with Gasteiger partial charge in [-0.25, -0.2) is 0 Å². The van der Waals surface area contributed by atoms with Gasteiger partial charge in [-0.15, -0.1) is 24.8 Å². The van der Waals surface area contributed by atoms with Gasteiger partial charge < -0.3 is 0 Å². The van der Waals surface area contributed by atoms with Gasteiger partial charge in [-0.05, 0) is 0 Å². The molecule has 1 unspecified atom stereocenters. The van der Waals surface area contributed by atoms with E-state index in [2.05, 4.69) is 73.6 Å². The minimum absolute atomic E-state index is 0. The Morgan fingerprint density at radius 3 is 2.54 bits per heavy atom. The van der Waals surface area contributed by atoms with Crippen LogP contribution in [0.5, 0.6) is 0 Å². The van der Waals surface area contributed by atoms with E-state index >= 15 is 0 Å². The van der Waals surface area contributed by atoms with Gasteiger partial charge in [-0.2, -0.15) is 0 Å². The van der Waals surface area contributed by atoms with Crippen molar-refractivity contribution >= 4 is 38.5 Å². The number of hydrogen-bond donors (Lipinski definition) is 0. The summed E-state index contributed by atoms with van der Waals surface area (Å²) in [6, 6.07) is 9.01. The van der Waals surface area contributed by atoms with Gasteiger partial charge in [0.15, 0.2) is 0 Å². The standard InChI is InChI=1S/C9H7.C9H13.2CH3.2ClH.H2Si.Ti/c1-2-5-9-7-3-6-8(9)4-1;1-2-3-6-9-7-4-5-8-9;;;;;;/h1-7H;4,7H,2-3,5-6H2,1H3;2*1H3;2*1H;1H2;. The Hall–Kier alpha value is -0.0488. The van der Waals surface area contributed by atoms with Gasteiger partial charge in [0.2, 0.25) is 0 Å². The van der Waals surface area contributed by atoms with Crippen molar-refractivity contribution < 1.29 is 14.0 Å². The number of rotatable bonds is 5. The molecule has 0 radical (unpaired) electrons. The molecule has 0 heterocycles. The van der Waals surface area contributed by atoms with Crippen molar-refractivity contribution in [3.8, 4) is 0 Å². The molecule has 0 saturated carbocycles. The summed E-state index contributed by atoms with van der Waals surface area (Å²) in [5, 5.41) is 5.31. The second-order valence-electron chi connectivity index (χ2n) is 7.99. The van der Waals surface area contributed by atoms with Crippen LogP contribution in [0.3, 0.4) is 0 Å². The monoisotopic (exact) mass is 416 g/mol. The van der Waals surface area contributed by atoms with Gasteiger partial charge in [0.25, 0.3) is 0 Å². The third-order valence-electron chi connectivity index (χ3n) is 5.62. The molecule has 2 aliphatic carbocycles. The fraction of sp³-hybridized carbons (Fsp3) is 0.400. The maximum Gasteiger partial charge on any atom is -0.147 e. The van der Waals surface area contributed by atoms with E-state index in [1.807, 2.05) is 3.88 Å². The van der Waals surface area contributed by atoms with Gasteiger partial charge in [0.1, 0.15) is 0 Å². The number of allylic oxidation sites excluding steroid dienone is 5. The summed E-state index contributed by atoms with van der Waals surface area (Å²) in [4.78, 5) is 0. The molecule has 2 aliphatic rings. The Kier molecular flexibility index (Phi) is 7.42. The van der Waals surface area contributed by atoms with Crippen molar-refractivity contribution in [3.63, 3.8) is 0 Å². The third kappa shape index (κ3) is 3.86. The van der Waals surface area contributed by atoms with Crippen molar-refractivity contribution in [2.75, 3.05) is 0 Å². The predicted octanol–water partition coefficient (Wildman–Crippen LogP) is 6.34. The number of benzene rings is 1. The van der Waals surface area contributed by atoms with E-state index in [0.29, 0.717) is 4.22 Å². The average Bonchev–Trinajstić information content (AvgIpc) is 3.12. The van der Waals surface area contributed by atoms with Gasteiger partial charge in [-0.1, -0.05) is 0 Å². The normalized spacial score (nSPS) is 19.1. The number of halogens is 2. The number of hydrogen-bond acceptors (Lipinski definition) is 0. The maximum atomic E-state index is 2.65. The Balaban J connectivity index is 0.00000144. The summed E-state index contributed by atoms with van der Waals surface area (Å²) in [7, 11) is 2.38. The van der Waals surface area contributed by atoms with E-state index in [-0.39, 0.29) is 24.8 Å². The Morgan fingerprint density at radius 2 is 1.83 bits per heavy atom. The SMILES string of the molecule is CCCCC1=[C]([Ti]([CH3])([CH3])(=[SiH2])[CH]2C=Cc3ccccc32)CC=C1.Cl.Cl. The summed E-state index contributed by atoms with van der Waals surface area (Å²) >= 11 is -2.73. The summed E-state index contributed by atoms with van der Waals surface area (Å²) in [6.45, 7) is 2.30. The second-order valence-corrected chi connectivity index (χ2v) is 27.6. The van der Waals surface area contributed by atoms with Crippen molar-refractivity contribution in [3.05, 3.63) is 63.1 Å². The van der Waals surface area contributed by atoms with Crippen LogP contribution < -0.4 is 0 Å². The molecule has 1 aromatic carbocycles. The fourth-order valence-electron chi connectivity index (χ4n) is 4.26. The van der Waals surface area contributed by atoms with Crippen molar-refractivity contribution in [2.24, 2.45) is 0 Å². The number of fused-ring (bicyclic) bond motifs is 1. The van der Waals surface area contributed by atoms with E-state index in [0.717, 1.165) is 0 Å². The molecular weight excluding hydrogens is 387 g/mol. The molecule has 0 saturated heterocycles. The second kappa shape index (κ2) is 8.10. The van der Waals surface area contributed by atoms with E-state index in [9.17, 15) is 0 Å². The quantitative estimate of drug-likeness (QED) is 0.491. The zero-order chi connectivity index (χ0) is 15.8. The minimum atomic E-state index is -2.73. The first-order chi connectivity index (χ1) is 10.4. The van der Waals surface area contributed by atoms with E-state index < -0.39 is 14.0 Å². The Morgan fingerprint density at radius 1 is 1.12 bits per heavy atom. The molecule has 0 N–H and O–H groups in total. The van der Waals surface area contributed by atoms with Crippen molar-refractivity contribution in [1.82, 2.24) is 0 Å². The van der Waals surface area contributed by atoms with Gasteiger partial charge in [0.05, 0.1) is 0 Å². The molecule has 1 atom stereocenters. The molecule has 0 aromatic heterocycles. The molecule has 0 amide bonds. The van der Waals surface area contributed by atoms with Crippen LogP contribution in [0, 0.1) is 0 Å². The maximum absolute atomic E-state index is 2.73. The first-order valence-corrected chi connectivity index (χ1v) is 17.5. The predicted molar refractivity (Wildman–Crippen MR) is 113 cm³/mol. The Labute approximate surface area is 162 Å². The van der Waals surface area contributed by atoms with E-state index in [1.54, 1.807) is 11.1 Å². The van der Waals surface area contributed by atoms with Crippen LogP contribution in [0.2, 0.25) is 10.5 Å². The smallest absolute Gasteiger partial charge is 0.147 e. The zero-order valence-corrected chi connectivity index (χ0v) is 19.7. The van der Waals surface area contributed by atoms with Gasteiger partial charge in [0, 0.05) is 0 Å². The topological polar surface area (TPSA) is 0 Å². The fourth-order valence-corrected chi connectivity index (χ4v) is 14.1. The molecule has 0 aliphatic heterocycles. The first-order valence-electron chi connectivity index (χ1n) is 8.66. The van der Waals surface area contributed by atoms with Crippen LogP contribution in [0.15, 0.2) is 51.9 Å². The average molecular weight is 417 g/mol. The van der Waals surface area contributed by atoms with Crippen LogP contribution >= 0.6 is 24.8 Å². The molecule has 0 nitrogen and oxygen atoms in total. The first kappa shape index (κ1) is 22.0. The molecule has 24 heavy (non-hydrogen) atoms. The largest absolute Gasteiger partial charge is 0.147 e. The minimum Gasteiger partial charge on any atom is -0.147 e. The van der Waals surface area contributed by atoms with Gasteiger partial charge in [-0.3, -0.25) is 0 Å². The van der Waals surface area contributed by atoms with Crippen LogP contribution in [0.25, 0.3) is 6.08 Å². The Bertz CT molecular complexity index is 753. The van der Waals surface area contributed by atoms with Crippen LogP contribution in [0.1, 0.15) is 48.0 Å². The molecule has 0 spiro atoms. The van der Waals surface area contributed by atoms with Crippen LogP contribution in [0.4, 0.5) is 0 Å². The van der Waals surface area contributed by atoms with E-state index in [4.69, 9.17) is 0 Å². The molecular formula is C20H30Cl2SiTi. The summed E-state index contributed by atoms with van der Waals surface area (Å²) in [5.41, 5.74) is 4.70. The summed E-state index contributed by atoms with van der Waals surface area (Å²) < 4.78 is 2.51. The molecule has 0 bridgehead atoms. The van der Waals surface area contributed by atoms with Gasteiger partial charge >= 0.3 is 138 Å². The molecule has 1 aromatic rings. The molecule has 4 heteroatoms. The zero-order valence-electron chi connectivity index (χ0n) is 15.0. The molecule has 3 rings (SSSR count). The molecule has 132 valence electrons. The third-order valence-corrected chi connectivity index (χ3v) is 17.0. The number of unbranched alkanes of at least 4 members (excludes halogenated alkanes) is 1. The summed E-state index contributed by atoms with van der Waals surface area (Å²) in [5.74, 6) is 0. The van der Waals surface area contributed by atoms with Crippen LogP contribution in [-0.4, -0.2) is 7.63 Å². The van der Waals surface area contributed by atoms with Crippen molar-refractivity contribution in [2.45, 2.75) is 47.3 Å². The van der Waals surface area contributed by atoms with Crippen LogP contribution in [-0.2, 0) is 14.0 Å². The van der Waals surface area contributed by atoms with Crippen molar-refractivity contribution in [1.29, 1.82) is 0 Å². The van der Waals surface area contributed by atoms with E-state index in [1.165, 1.54) is 31.2 Å². The molecule has 0 fully saturated rings.